The lowest BCUT2D eigenvalue weighted by molar-refractivity contribution is -0.385. The summed E-state index contributed by atoms with van der Waals surface area (Å²) >= 11 is 14.8. The molecule has 0 aliphatic rings. The summed E-state index contributed by atoms with van der Waals surface area (Å²) in [4.78, 5) is 18.2. The summed E-state index contributed by atoms with van der Waals surface area (Å²) in [5, 5.41) is 11.8. The Morgan fingerprint density at radius 1 is 1.25 bits per heavy atom. The van der Waals surface area contributed by atoms with Crippen molar-refractivity contribution in [2.45, 2.75) is 5.33 Å². The average molecular weight is 379 g/mol. The molecule has 2 aromatic rings. The first-order valence-corrected chi connectivity index (χ1v) is 7.07. The quantitative estimate of drug-likeness (QED) is 0.448. The van der Waals surface area contributed by atoms with Crippen LogP contribution in [0, 0.1) is 10.1 Å². The molecular formula is C11H6BrCl2N3O3. The van der Waals surface area contributed by atoms with E-state index in [1.54, 1.807) is 12.4 Å². The molecule has 0 aliphatic carbocycles. The Balaban J connectivity index is 2.36. The van der Waals surface area contributed by atoms with E-state index in [2.05, 4.69) is 25.9 Å². The molecule has 20 heavy (non-hydrogen) atoms. The lowest BCUT2D eigenvalue weighted by Crippen LogP contribution is -1.97. The Hall–Kier alpha value is -1.44. The van der Waals surface area contributed by atoms with Crippen molar-refractivity contribution in [3.8, 4) is 11.8 Å². The van der Waals surface area contributed by atoms with Crippen LogP contribution in [0.2, 0.25) is 10.0 Å². The Morgan fingerprint density at radius 2 is 1.85 bits per heavy atom. The fourth-order valence-electron chi connectivity index (χ4n) is 1.31. The highest BCUT2D eigenvalue weighted by molar-refractivity contribution is 9.08. The topological polar surface area (TPSA) is 78.2 Å². The Morgan fingerprint density at radius 3 is 2.40 bits per heavy atom. The van der Waals surface area contributed by atoms with Gasteiger partial charge in [-0.25, -0.2) is 9.97 Å². The van der Waals surface area contributed by atoms with E-state index in [1.165, 1.54) is 6.07 Å². The molecule has 0 radical (unpaired) electrons. The van der Waals surface area contributed by atoms with Crippen LogP contribution >= 0.6 is 39.1 Å². The molecular weight excluding hydrogens is 373 g/mol. The van der Waals surface area contributed by atoms with E-state index in [4.69, 9.17) is 27.9 Å². The maximum Gasteiger partial charge on any atom is 0.322 e. The number of nitro groups is 1. The van der Waals surface area contributed by atoms with Gasteiger partial charge in [0.25, 0.3) is 0 Å². The van der Waals surface area contributed by atoms with E-state index in [-0.39, 0.29) is 27.5 Å². The first kappa shape index (κ1) is 15.0. The van der Waals surface area contributed by atoms with E-state index in [0.29, 0.717) is 5.33 Å². The summed E-state index contributed by atoms with van der Waals surface area (Å²) in [6, 6.07) is 2.35. The number of hydrogen-bond donors (Lipinski definition) is 0. The normalized spacial score (nSPS) is 10.3. The molecule has 0 atom stereocenters. The number of ether oxygens (including phenoxy) is 1. The second-order valence-corrected chi connectivity index (χ2v) is 4.98. The summed E-state index contributed by atoms with van der Waals surface area (Å²) in [7, 11) is 0. The SMILES string of the molecule is O=[N+]([O-])c1cc(Cl)c(Cl)cc1Oc1ncc(CBr)cn1. The molecule has 0 unspecified atom stereocenters. The first-order valence-electron chi connectivity index (χ1n) is 5.19. The average Bonchev–Trinajstić information content (AvgIpc) is 2.43. The van der Waals surface area contributed by atoms with Crippen molar-refractivity contribution in [3.63, 3.8) is 0 Å². The minimum absolute atomic E-state index is 0.0174. The molecule has 104 valence electrons. The number of nitro benzene ring substituents is 1. The Labute approximate surface area is 132 Å². The van der Waals surface area contributed by atoms with Crippen LogP contribution in [0.3, 0.4) is 0 Å². The molecule has 0 fully saturated rings. The minimum Gasteiger partial charge on any atom is -0.417 e. The molecule has 0 N–H and O–H groups in total. The molecule has 1 aromatic carbocycles. The number of alkyl halides is 1. The van der Waals surface area contributed by atoms with Gasteiger partial charge in [0, 0.05) is 29.9 Å². The van der Waals surface area contributed by atoms with Crippen LogP contribution in [-0.4, -0.2) is 14.9 Å². The Bertz CT molecular complexity index is 652. The second-order valence-electron chi connectivity index (χ2n) is 3.60. The molecule has 1 aromatic heterocycles. The number of rotatable bonds is 4. The Kier molecular flexibility index (Phi) is 4.74. The van der Waals surface area contributed by atoms with Crippen LogP contribution in [0.1, 0.15) is 5.56 Å². The van der Waals surface area contributed by atoms with Crippen molar-refractivity contribution in [1.82, 2.24) is 9.97 Å². The molecule has 9 heteroatoms. The zero-order valence-corrected chi connectivity index (χ0v) is 12.8. The van der Waals surface area contributed by atoms with Gasteiger partial charge in [-0.05, 0) is 5.56 Å². The van der Waals surface area contributed by atoms with Gasteiger partial charge in [0.15, 0.2) is 0 Å². The molecule has 1 heterocycles. The van der Waals surface area contributed by atoms with Gasteiger partial charge in [-0.1, -0.05) is 39.1 Å². The van der Waals surface area contributed by atoms with E-state index < -0.39 is 4.92 Å². The third-order valence-electron chi connectivity index (χ3n) is 2.24. The molecule has 0 saturated carbocycles. The number of nitrogens with zero attached hydrogens (tertiary/aromatic N) is 3. The van der Waals surface area contributed by atoms with Crippen molar-refractivity contribution >= 4 is 44.8 Å². The maximum atomic E-state index is 11.0. The van der Waals surface area contributed by atoms with Gasteiger partial charge in [-0.2, -0.15) is 0 Å². The van der Waals surface area contributed by atoms with E-state index in [9.17, 15) is 10.1 Å². The van der Waals surface area contributed by atoms with Crippen LogP contribution in [0.15, 0.2) is 24.5 Å². The van der Waals surface area contributed by atoms with Gasteiger partial charge in [-0.3, -0.25) is 10.1 Å². The largest absolute Gasteiger partial charge is 0.417 e. The van der Waals surface area contributed by atoms with E-state index in [1.807, 2.05) is 0 Å². The van der Waals surface area contributed by atoms with E-state index >= 15 is 0 Å². The molecule has 6 nitrogen and oxygen atoms in total. The highest BCUT2D eigenvalue weighted by atomic mass is 79.9. The first-order chi connectivity index (χ1) is 9.51. The fraction of sp³-hybridized carbons (Fsp3) is 0.0909. The third-order valence-corrected chi connectivity index (χ3v) is 3.61. The van der Waals surface area contributed by atoms with Crippen molar-refractivity contribution in [3.05, 3.63) is 50.2 Å². The van der Waals surface area contributed by atoms with Crippen LogP contribution in [-0.2, 0) is 5.33 Å². The summed E-state index contributed by atoms with van der Waals surface area (Å²) in [6.07, 6.45) is 3.08. The van der Waals surface area contributed by atoms with Gasteiger partial charge >= 0.3 is 11.7 Å². The zero-order chi connectivity index (χ0) is 14.7. The number of benzene rings is 1. The van der Waals surface area contributed by atoms with Crippen molar-refractivity contribution in [2.24, 2.45) is 0 Å². The molecule has 0 amide bonds. The monoisotopic (exact) mass is 377 g/mol. The molecule has 0 spiro atoms. The fourth-order valence-corrected chi connectivity index (χ4v) is 1.91. The summed E-state index contributed by atoms with van der Waals surface area (Å²) in [5.41, 5.74) is 0.536. The van der Waals surface area contributed by atoms with Gasteiger partial charge in [0.2, 0.25) is 5.75 Å². The predicted molar refractivity (Wildman–Crippen MR) is 77.9 cm³/mol. The predicted octanol–water partition coefficient (Wildman–Crippen LogP) is 4.38. The van der Waals surface area contributed by atoms with Gasteiger partial charge in [-0.15, -0.1) is 0 Å². The van der Waals surface area contributed by atoms with Crippen LogP contribution in [0.25, 0.3) is 0 Å². The number of halogens is 3. The number of aromatic nitrogens is 2. The third kappa shape index (κ3) is 3.36. The lowest BCUT2D eigenvalue weighted by atomic mass is 10.3. The van der Waals surface area contributed by atoms with Crippen LogP contribution in [0.4, 0.5) is 5.69 Å². The summed E-state index contributed by atoms with van der Waals surface area (Å²) in [6.45, 7) is 0. The van der Waals surface area contributed by atoms with Crippen molar-refractivity contribution in [2.75, 3.05) is 0 Å². The summed E-state index contributed by atoms with van der Waals surface area (Å²) < 4.78 is 5.28. The van der Waals surface area contributed by atoms with Crippen LogP contribution < -0.4 is 4.74 Å². The number of hydrogen-bond acceptors (Lipinski definition) is 5. The summed E-state index contributed by atoms with van der Waals surface area (Å²) in [5.74, 6) is -0.0732. The second kappa shape index (κ2) is 6.34. The van der Waals surface area contributed by atoms with Gasteiger partial charge < -0.3 is 4.74 Å². The van der Waals surface area contributed by atoms with Gasteiger partial charge in [0.1, 0.15) is 0 Å². The smallest absolute Gasteiger partial charge is 0.322 e. The molecule has 2 rings (SSSR count). The van der Waals surface area contributed by atoms with Crippen LogP contribution in [0.5, 0.6) is 11.8 Å². The minimum atomic E-state index is -0.621. The highest BCUT2D eigenvalue weighted by Crippen LogP contribution is 2.37. The molecule has 0 aliphatic heterocycles. The lowest BCUT2D eigenvalue weighted by Gasteiger charge is -2.06. The zero-order valence-electron chi connectivity index (χ0n) is 9.72. The maximum absolute atomic E-state index is 11.0. The van der Waals surface area contributed by atoms with E-state index in [0.717, 1.165) is 11.6 Å². The molecule has 0 saturated heterocycles. The van der Waals surface area contributed by atoms with Crippen molar-refractivity contribution in [1.29, 1.82) is 0 Å². The molecule has 0 bridgehead atoms. The van der Waals surface area contributed by atoms with Crippen molar-refractivity contribution < 1.29 is 9.66 Å². The standard InChI is InChI=1S/C11H6BrCl2N3O3/c12-3-6-4-15-11(16-5-6)20-10-2-8(14)7(13)1-9(10)17(18)19/h1-2,4-5H,3H2. The highest BCUT2D eigenvalue weighted by Gasteiger charge is 2.19. The van der Waals surface area contributed by atoms with Gasteiger partial charge in [0.05, 0.1) is 15.0 Å².